The molecule has 0 bridgehead atoms. The molecule has 0 aromatic rings. The van der Waals surface area contributed by atoms with Crippen molar-refractivity contribution < 1.29 is 24.6 Å². The van der Waals surface area contributed by atoms with E-state index in [4.69, 9.17) is 15.0 Å². The van der Waals surface area contributed by atoms with Gasteiger partial charge in [-0.15, -0.1) is 0 Å². The molecule has 0 heterocycles. The first-order valence-electron chi connectivity index (χ1n) is 3.75. The van der Waals surface area contributed by atoms with Gasteiger partial charge in [0.15, 0.2) is 0 Å². The Hall–Kier alpha value is -1.39. The topological polar surface area (TPSA) is 91.7 Å². The maximum absolute atomic E-state index is 10.4. The van der Waals surface area contributed by atoms with Gasteiger partial charge in [-0.3, -0.25) is 14.4 Å². The van der Waals surface area contributed by atoms with Crippen molar-refractivity contribution in [1.29, 1.82) is 0 Å². The lowest BCUT2D eigenvalue weighted by atomic mass is 10.0. The Bertz CT molecular complexity index is 179. The lowest BCUT2D eigenvalue weighted by Gasteiger charge is -2.01. The van der Waals surface area contributed by atoms with E-state index in [1.54, 1.807) is 6.92 Å². The van der Waals surface area contributed by atoms with Crippen molar-refractivity contribution in [3.05, 3.63) is 0 Å². The maximum Gasteiger partial charge on any atom is 0.314 e. The molecule has 0 saturated carbocycles. The fourth-order valence-electron chi connectivity index (χ4n) is 0.636. The monoisotopic (exact) mass is 190 g/mol. The van der Waals surface area contributed by atoms with Gasteiger partial charge in [0.05, 0.1) is 0 Å². The van der Waals surface area contributed by atoms with Gasteiger partial charge in [0, 0.05) is 6.92 Å². The first-order chi connectivity index (χ1) is 5.82. The Labute approximate surface area is 76.4 Å². The van der Waals surface area contributed by atoms with Crippen LogP contribution < -0.4 is 0 Å². The molecule has 5 nitrogen and oxygen atoms in total. The highest BCUT2D eigenvalue weighted by atomic mass is 16.4. The van der Waals surface area contributed by atoms with Crippen LogP contribution in [0.1, 0.15) is 27.2 Å². The standard InChI is InChI=1S/C6H10O3.C2H4O2/c1-3-5(4(2)7)6(8)9;1-2(3)4/h5H,3H2,1-2H3,(H,8,9);1H3,(H,3,4). The SMILES string of the molecule is CC(=O)O.CCC(C(C)=O)C(=O)O. The average molecular weight is 190 g/mol. The first kappa shape index (κ1) is 14.2. The van der Waals surface area contributed by atoms with E-state index in [2.05, 4.69) is 0 Å². The number of carbonyl (C=O) groups is 3. The Morgan fingerprint density at radius 1 is 1.15 bits per heavy atom. The number of carboxylic acid groups (broad SMARTS) is 2. The average Bonchev–Trinajstić information content (AvgIpc) is 1.84. The van der Waals surface area contributed by atoms with Gasteiger partial charge in [-0.1, -0.05) is 6.92 Å². The van der Waals surface area contributed by atoms with E-state index in [-0.39, 0.29) is 5.78 Å². The normalized spacial score (nSPS) is 10.7. The quantitative estimate of drug-likeness (QED) is 0.641. The van der Waals surface area contributed by atoms with Gasteiger partial charge in [0.2, 0.25) is 0 Å². The smallest absolute Gasteiger partial charge is 0.314 e. The van der Waals surface area contributed by atoms with E-state index < -0.39 is 17.9 Å². The Morgan fingerprint density at radius 2 is 1.46 bits per heavy atom. The zero-order valence-electron chi connectivity index (χ0n) is 7.90. The summed E-state index contributed by atoms with van der Waals surface area (Å²) in [5, 5.41) is 15.7. The maximum atomic E-state index is 10.4. The van der Waals surface area contributed by atoms with Crippen LogP contribution in [0.25, 0.3) is 0 Å². The number of carbonyl (C=O) groups excluding carboxylic acids is 1. The predicted molar refractivity (Wildman–Crippen MR) is 45.4 cm³/mol. The molecule has 76 valence electrons. The number of hydrogen-bond acceptors (Lipinski definition) is 3. The van der Waals surface area contributed by atoms with Gasteiger partial charge in [0.1, 0.15) is 11.7 Å². The number of aliphatic carboxylic acids is 2. The van der Waals surface area contributed by atoms with Crippen LogP contribution >= 0.6 is 0 Å². The first-order valence-corrected chi connectivity index (χ1v) is 3.75. The summed E-state index contributed by atoms with van der Waals surface area (Å²) >= 11 is 0. The summed E-state index contributed by atoms with van der Waals surface area (Å²) in [6.07, 6.45) is 0.380. The van der Waals surface area contributed by atoms with Crippen molar-refractivity contribution in [2.75, 3.05) is 0 Å². The van der Waals surface area contributed by atoms with Crippen LogP contribution in [0.15, 0.2) is 0 Å². The number of ketones is 1. The molecule has 0 saturated heterocycles. The summed E-state index contributed by atoms with van der Waals surface area (Å²) in [5.74, 6) is -2.93. The third-order valence-electron chi connectivity index (χ3n) is 1.20. The molecule has 5 heteroatoms. The van der Waals surface area contributed by atoms with Crippen molar-refractivity contribution in [3.8, 4) is 0 Å². The van der Waals surface area contributed by atoms with Crippen LogP contribution in [0.5, 0.6) is 0 Å². The van der Waals surface area contributed by atoms with Gasteiger partial charge in [-0.2, -0.15) is 0 Å². The van der Waals surface area contributed by atoms with E-state index in [1.165, 1.54) is 6.92 Å². The largest absolute Gasteiger partial charge is 0.481 e. The molecule has 0 aromatic heterocycles. The highest BCUT2D eigenvalue weighted by Gasteiger charge is 2.19. The van der Waals surface area contributed by atoms with Crippen molar-refractivity contribution in [2.45, 2.75) is 27.2 Å². The van der Waals surface area contributed by atoms with E-state index in [0.717, 1.165) is 6.92 Å². The van der Waals surface area contributed by atoms with E-state index in [0.29, 0.717) is 6.42 Å². The molecule has 0 aliphatic heterocycles. The van der Waals surface area contributed by atoms with Gasteiger partial charge >= 0.3 is 5.97 Å². The Balaban J connectivity index is 0. The van der Waals surface area contributed by atoms with Gasteiger partial charge < -0.3 is 10.2 Å². The lowest BCUT2D eigenvalue weighted by molar-refractivity contribution is -0.145. The highest BCUT2D eigenvalue weighted by molar-refractivity contribution is 5.96. The summed E-state index contributed by atoms with van der Waals surface area (Å²) in [6.45, 7) is 4.06. The lowest BCUT2D eigenvalue weighted by Crippen LogP contribution is -2.19. The molecule has 0 spiro atoms. The Kier molecular flexibility index (Phi) is 7.91. The molecule has 0 amide bonds. The second-order valence-electron chi connectivity index (χ2n) is 2.43. The van der Waals surface area contributed by atoms with Gasteiger partial charge in [0.25, 0.3) is 5.97 Å². The van der Waals surface area contributed by atoms with Crippen molar-refractivity contribution >= 4 is 17.7 Å². The molecular formula is C8H14O5. The highest BCUT2D eigenvalue weighted by Crippen LogP contribution is 2.02. The second-order valence-corrected chi connectivity index (χ2v) is 2.43. The van der Waals surface area contributed by atoms with Crippen LogP contribution in [0.2, 0.25) is 0 Å². The molecule has 0 radical (unpaired) electrons. The van der Waals surface area contributed by atoms with E-state index in [1.807, 2.05) is 0 Å². The zero-order chi connectivity index (χ0) is 11.0. The van der Waals surface area contributed by atoms with Crippen LogP contribution in [0, 0.1) is 5.92 Å². The fraction of sp³-hybridized carbons (Fsp3) is 0.625. The molecule has 13 heavy (non-hydrogen) atoms. The van der Waals surface area contributed by atoms with E-state index in [9.17, 15) is 9.59 Å². The second kappa shape index (κ2) is 7.27. The molecule has 0 aliphatic carbocycles. The third kappa shape index (κ3) is 10.6. The van der Waals surface area contributed by atoms with Gasteiger partial charge in [-0.05, 0) is 13.3 Å². The molecule has 0 aromatic carbocycles. The van der Waals surface area contributed by atoms with E-state index >= 15 is 0 Å². The molecule has 0 aliphatic rings. The third-order valence-corrected chi connectivity index (χ3v) is 1.20. The van der Waals surface area contributed by atoms with Crippen LogP contribution in [0.4, 0.5) is 0 Å². The zero-order valence-corrected chi connectivity index (χ0v) is 7.90. The predicted octanol–water partition coefficient (Wildman–Crippen LogP) is 0.777. The molecule has 1 atom stereocenters. The fourth-order valence-corrected chi connectivity index (χ4v) is 0.636. The minimum absolute atomic E-state index is 0.273. The molecule has 0 rings (SSSR count). The Morgan fingerprint density at radius 3 is 1.46 bits per heavy atom. The number of Topliss-reactive ketones (excluding diaryl/α,β-unsaturated/α-hetero) is 1. The minimum Gasteiger partial charge on any atom is -0.481 e. The molecule has 0 fully saturated rings. The van der Waals surface area contributed by atoms with Crippen molar-refractivity contribution in [1.82, 2.24) is 0 Å². The van der Waals surface area contributed by atoms with Gasteiger partial charge in [-0.25, -0.2) is 0 Å². The number of rotatable bonds is 3. The summed E-state index contributed by atoms with van der Waals surface area (Å²) in [5.41, 5.74) is 0. The van der Waals surface area contributed by atoms with Crippen LogP contribution in [0.3, 0.4) is 0 Å². The molecule has 2 N–H and O–H groups in total. The van der Waals surface area contributed by atoms with Crippen LogP contribution in [-0.4, -0.2) is 27.9 Å². The molecular weight excluding hydrogens is 176 g/mol. The number of carboxylic acids is 2. The summed E-state index contributed by atoms with van der Waals surface area (Å²) < 4.78 is 0. The summed E-state index contributed by atoms with van der Waals surface area (Å²) in [4.78, 5) is 29.6. The van der Waals surface area contributed by atoms with Crippen LogP contribution in [-0.2, 0) is 14.4 Å². The van der Waals surface area contributed by atoms with Crippen molar-refractivity contribution in [3.63, 3.8) is 0 Å². The summed E-state index contributed by atoms with van der Waals surface area (Å²) in [6, 6.07) is 0. The van der Waals surface area contributed by atoms with Crippen molar-refractivity contribution in [2.24, 2.45) is 5.92 Å². The number of hydrogen-bond donors (Lipinski definition) is 2. The minimum atomic E-state index is -1.02. The summed E-state index contributed by atoms with van der Waals surface area (Å²) in [7, 11) is 0. The molecule has 1 unspecified atom stereocenters.